The average molecular weight is 1970 g/mol. The molecule has 140 heavy (non-hydrogen) atoms. The summed E-state index contributed by atoms with van der Waals surface area (Å²) in [6.45, 7) is 98.9. The SMILES string of the molecule is C1CC2C3CCC(C3)C2C1.CC1C2CCC(C2)C1C.CC1CC=CCC1C.CC1CCC(C(C)(C)C2CCC(C)CC2)CC1.CC1CCC(C)CC1.CC1CCCCC1C.CCC.CCC.CCC(C)(C)CC.CCC(C)(CC)CC.CCC(C)CC.CCC(CC)(CC)CC.CCC(CC)(CC)CC.CCC1CCC(CC)CC1.CCCCCCCC.Cc1ccc(C(C)(C)c2ccc(C)cc2)cc1.[HH].[HH].[HH].[HH].[HH]. The maximum atomic E-state index is 2.58. The van der Waals surface area contributed by atoms with E-state index in [0.717, 1.165) is 101 Å². The quantitative estimate of drug-likeness (QED) is 0.0651. The smallest absolute Gasteiger partial charge is 0.0146 e. The second kappa shape index (κ2) is 82.9. The number of fused-ring (bicyclic) bond motifs is 7. The molecule has 0 aromatic heterocycles. The molecule has 10 fully saturated rings. The Balaban J connectivity index is -0.000000233. The molecule has 0 spiro atoms. The molecule has 12 atom stereocenters. The first-order chi connectivity index (χ1) is 66.3. The molecule has 0 nitrogen and oxygen atoms in total. The lowest BCUT2D eigenvalue weighted by Crippen LogP contribution is -2.36. The third-order valence-corrected chi connectivity index (χ3v) is 41.3. The van der Waals surface area contributed by atoms with Crippen molar-refractivity contribution in [3.8, 4) is 0 Å². The zero-order chi connectivity index (χ0) is 107. The first kappa shape index (κ1) is 142. The molecule has 11 aliphatic rings. The van der Waals surface area contributed by atoms with Crippen molar-refractivity contribution in [2.75, 3.05) is 0 Å². The van der Waals surface area contributed by atoms with Crippen LogP contribution in [0.2, 0.25) is 0 Å². The molecule has 2 aromatic rings. The van der Waals surface area contributed by atoms with E-state index in [1.807, 2.05) is 0 Å². The molecule has 2 aromatic carbocycles. The molecular formula is C140H282. The average Bonchev–Trinajstić information content (AvgIpc) is 1.62. The maximum absolute atomic E-state index is 2.58. The Labute approximate surface area is 898 Å². The van der Waals surface area contributed by atoms with E-state index in [1.165, 1.54) is 361 Å². The molecule has 0 amide bonds. The van der Waals surface area contributed by atoms with Crippen LogP contribution in [-0.2, 0) is 5.41 Å². The van der Waals surface area contributed by atoms with E-state index in [9.17, 15) is 0 Å². The van der Waals surface area contributed by atoms with Gasteiger partial charge < -0.3 is 0 Å². The summed E-state index contributed by atoms with van der Waals surface area (Å²) < 4.78 is 0. The van der Waals surface area contributed by atoms with E-state index >= 15 is 0 Å². The van der Waals surface area contributed by atoms with Crippen LogP contribution >= 0.6 is 0 Å². The number of aryl methyl sites for hydroxylation is 2. The fourth-order valence-corrected chi connectivity index (χ4v) is 24.5. The van der Waals surface area contributed by atoms with Crippen LogP contribution < -0.4 is 0 Å². The zero-order valence-corrected chi connectivity index (χ0v) is 105. The van der Waals surface area contributed by atoms with Gasteiger partial charge in [-0.15, -0.1) is 0 Å². The van der Waals surface area contributed by atoms with Crippen molar-refractivity contribution in [2.24, 2.45) is 151 Å². The van der Waals surface area contributed by atoms with Gasteiger partial charge in [0.1, 0.15) is 0 Å². The van der Waals surface area contributed by atoms with Crippen LogP contribution in [-0.4, -0.2) is 0 Å². The lowest BCUT2D eigenvalue weighted by atomic mass is 9.59. The van der Waals surface area contributed by atoms with Crippen molar-refractivity contribution in [3.05, 3.63) is 82.9 Å². The summed E-state index contributed by atoms with van der Waals surface area (Å²) in [7, 11) is 0. The van der Waals surface area contributed by atoms with Gasteiger partial charge in [0.2, 0.25) is 0 Å². The molecule has 0 saturated heterocycles. The van der Waals surface area contributed by atoms with Gasteiger partial charge in [0.05, 0.1) is 0 Å². The second-order valence-corrected chi connectivity index (χ2v) is 52.3. The Morgan fingerprint density at radius 2 is 0.564 bits per heavy atom. The normalized spacial score (nSPS) is 27.3. The summed E-state index contributed by atoms with van der Waals surface area (Å²) >= 11 is 0. The van der Waals surface area contributed by atoms with Crippen LogP contribution in [0.25, 0.3) is 0 Å². The van der Waals surface area contributed by atoms with E-state index in [0.29, 0.717) is 27.1 Å². The number of benzene rings is 2. The Morgan fingerprint density at radius 3 is 0.757 bits per heavy atom. The molecule has 4 bridgehead atoms. The standard InChI is InChI=1S/C17H32.C17H20.C10H16.C10H20.C9H16.2C9H20.2C8H16.C8H14.2C8H18.C7H16.C6H14.2C3H8.5H2/c2*1-13-5-9-15(10-6-13)17(3,4)16-11-7-14(2)8-12-16;1-2-9-7-4-5-8(6-7)10(9)3-1;1-3-9-5-7-10(4-2)8-6-9;1-6-7(2)9-4-3-8(6)5-9;2*1-5-9(6-2,7-3)8-4;1-7-3-5-8(2)6-4-7;2*1-7-5-3-4-6-8(7)2;1-5-8(4,6-2)7-3;1-3-5-7-8-6-4-2;1-5-7(3,4)6-2;1-4-6(3)5-2;2*1-3-2;;;;;/h13-16H,5-12H2,1-4H3;5-12H,1-4H3;7-10H,1-6H2;9-10H,3-8H2,1-2H3;6-9H,3-5H2,1-2H3;2*5-8H2,1-4H3;2*7-8H,3-6H2,1-2H3;3-4,7-8H,5-6H2,1-2H3;5-7H2,1-4H3;3-8H2,1-2H3;5-6H2,1-4H3;6H,4-5H2,1-3H3;2*3H2,1-2H3;5*1H. The second-order valence-electron chi connectivity index (χ2n) is 52.3. The van der Waals surface area contributed by atoms with Gasteiger partial charge in [-0.3, -0.25) is 0 Å². The lowest BCUT2D eigenvalue weighted by molar-refractivity contribution is 0.0421. The molecule has 842 valence electrons. The van der Waals surface area contributed by atoms with E-state index in [2.05, 4.69) is 358 Å². The minimum Gasteiger partial charge on any atom is -0.0883 e. The van der Waals surface area contributed by atoms with Gasteiger partial charge in [-0.05, 0) is 266 Å². The zero-order valence-electron chi connectivity index (χ0n) is 105. The summed E-state index contributed by atoms with van der Waals surface area (Å²) in [4.78, 5) is 0. The predicted molar refractivity (Wildman–Crippen MR) is 659 cm³/mol. The number of rotatable bonds is 26. The molecule has 0 heterocycles. The molecule has 0 heteroatoms. The van der Waals surface area contributed by atoms with Crippen LogP contribution in [0.5, 0.6) is 0 Å². The van der Waals surface area contributed by atoms with E-state index in [-0.39, 0.29) is 12.5 Å². The fraction of sp³-hybridized carbons (Fsp3) is 0.900. The maximum Gasteiger partial charge on any atom is 0.0146 e. The molecule has 0 N–H and O–H groups in total. The topological polar surface area (TPSA) is 0 Å². The van der Waals surface area contributed by atoms with E-state index < -0.39 is 0 Å². The molecule has 12 unspecified atom stereocenters. The Hall–Kier alpha value is -1.82. The molecule has 11 aliphatic carbocycles. The Kier molecular flexibility index (Phi) is 84.3. The van der Waals surface area contributed by atoms with Crippen molar-refractivity contribution in [2.45, 2.75) is 663 Å². The summed E-state index contributed by atoms with van der Waals surface area (Å²) in [5, 5.41) is 0. The van der Waals surface area contributed by atoms with E-state index in [1.54, 1.807) is 44.9 Å². The third kappa shape index (κ3) is 59.7. The largest absolute Gasteiger partial charge is 0.0883 e. The highest BCUT2D eigenvalue weighted by Crippen LogP contribution is 2.59. The molecule has 13 rings (SSSR count). The van der Waals surface area contributed by atoms with Gasteiger partial charge >= 0.3 is 0 Å². The predicted octanol–water partition coefficient (Wildman–Crippen LogP) is 50.9. The van der Waals surface area contributed by atoms with Crippen LogP contribution in [0.15, 0.2) is 60.7 Å². The van der Waals surface area contributed by atoms with Crippen LogP contribution in [0, 0.1) is 165 Å². The highest BCUT2D eigenvalue weighted by molar-refractivity contribution is 5.39. The fourth-order valence-electron chi connectivity index (χ4n) is 24.5. The number of allylic oxidation sites excluding steroid dienone is 2. The summed E-state index contributed by atoms with van der Waals surface area (Å²) in [5.74, 6) is 22.1. The van der Waals surface area contributed by atoms with Crippen LogP contribution in [0.1, 0.15) is 673 Å². The minimum atomic E-state index is 0. The van der Waals surface area contributed by atoms with E-state index in [4.69, 9.17) is 0 Å². The lowest BCUT2D eigenvalue weighted by Gasteiger charge is -2.46. The third-order valence-electron chi connectivity index (χ3n) is 41.3. The van der Waals surface area contributed by atoms with Crippen molar-refractivity contribution < 1.29 is 7.13 Å². The first-order valence-corrected chi connectivity index (χ1v) is 64.1. The number of hydrogen-bond acceptors (Lipinski definition) is 0. The summed E-state index contributed by atoms with van der Waals surface area (Å²) in [6, 6.07) is 17.7. The summed E-state index contributed by atoms with van der Waals surface area (Å²) in [6.07, 6.45) is 84.9. The van der Waals surface area contributed by atoms with Crippen molar-refractivity contribution in [1.29, 1.82) is 0 Å². The van der Waals surface area contributed by atoms with Crippen molar-refractivity contribution in [1.82, 2.24) is 0 Å². The van der Waals surface area contributed by atoms with Gasteiger partial charge in [0, 0.05) is 12.5 Å². The highest BCUT2D eigenvalue weighted by atomic mass is 14.5. The van der Waals surface area contributed by atoms with Crippen LogP contribution in [0.3, 0.4) is 0 Å². The minimum absolute atomic E-state index is 0. The van der Waals surface area contributed by atoms with Gasteiger partial charge in [0.25, 0.3) is 0 Å². The number of hydrogen-bond donors (Lipinski definition) is 0. The molecule has 0 aliphatic heterocycles. The summed E-state index contributed by atoms with van der Waals surface area (Å²) in [5.41, 5.74) is 8.59. The number of unbranched alkanes of at least 4 members (excludes halogenated alkanes) is 5. The van der Waals surface area contributed by atoms with Gasteiger partial charge in [-0.2, -0.15) is 0 Å². The van der Waals surface area contributed by atoms with Gasteiger partial charge in [-0.25, -0.2) is 0 Å². The van der Waals surface area contributed by atoms with Crippen molar-refractivity contribution >= 4 is 0 Å². The van der Waals surface area contributed by atoms with Gasteiger partial charge in [-0.1, -0.05) is 625 Å². The molecular weight excluding hydrogens is 1680 g/mol. The van der Waals surface area contributed by atoms with Gasteiger partial charge in [0.15, 0.2) is 0 Å². The Bertz CT molecular complexity index is 2790. The van der Waals surface area contributed by atoms with Crippen molar-refractivity contribution in [3.63, 3.8) is 0 Å². The first-order valence-electron chi connectivity index (χ1n) is 64.1. The van der Waals surface area contributed by atoms with Crippen LogP contribution in [0.4, 0.5) is 0 Å². The highest BCUT2D eigenvalue weighted by Gasteiger charge is 2.49. The monoisotopic (exact) mass is 1960 g/mol. The Morgan fingerprint density at radius 1 is 0.293 bits per heavy atom. The molecule has 0 radical (unpaired) electrons. The molecule has 10 saturated carbocycles.